The molecule has 0 aromatic heterocycles. The van der Waals surface area contributed by atoms with Crippen LogP contribution in [0, 0.1) is 6.92 Å². The monoisotopic (exact) mass is 269 g/mol. The Morgan fingerprint density at radius 1 is 1.15 bits per heavy atom. The number of benzene rings is 2. The number of rotatable bonds is 3. The highest BCUT2D eigenvalue weighted by molar-refractivity contribution is 6.05. The third-order valence-corrected chi connectivity index (χ3v) is 2.94. The van der Waals surface area contributed by atoms with Crippen molar-refractivity contribution in [2.24, 2.45) is 10.9 Å². The van der Waals surface area contributed by atoms with Crippen molar-refractivity contribution in [3.05, 3.63) is 65.2 Å². The van der Waals surface area contributed by atoms with Crippen molar-refractivity contribution in [1.82, 2.24) is 0 Å². The number of oxime groups is 1. The zero-order chi connectivity index (χ0) is 14.5. The molecule has 0 heterocycles. The summed E-state index contributed by atoms with van der Waals surface area (Å²) in [7, 11) is 0. The van der Waals surface area contributed by atoms with Gasteiger partial charge in [-0.05, 0) is 42.8 Å². The second-order valence-corrected chi connectivity index (χ2v) is 4.33. The second kappa shape index (κ2) is 5.88. The van der Waals surface area contributed by atoms with Crippen molar-refractivity contribution in [3.63, 3.8) is 0 Å². The average Bonchev–Trinajstić information content (AvgIpc) is 2.47. The predicted molar refractivity (Wildman–Crippen MR) is 78.1 cm³/mol. The Kier molecular flexibility index (Phi) is 4.00. The number of amidine groups is 1. The Morgan fingerprint density at radius 2 is 1.80 bits per heavy atom. The van der Waals surface area contributed by atoms with Gasteiger partial charge in [-0.15, -0.1) is 0 Å². The molecule has 0 aliphatic heterocycles. The van der Waals surface area contributed by atoms with Crippen LogP contribution in [0.3, 0.4) is 0 Å². The maximum absolute atomic E-state index is 12.1. The fourth-order valence-electron chi connectivity index (χ4n) is 1.81. The maximum atomic E-state index is 12.1. The molecule has 0 aliphatic carbocycles. The number of nitrogens with one attached hydrogen (secondary N) is 1. The minimum Gasteiger partial charge on any atom is -0.409 e. The zero-order valence-electron chi connectivity index (χ0n) is 11.0. The second-order valence-electron chi connectivity index (χ2n) is 4.33. The summed E-state index contributed by atoms with van der Waals surface area (Å²) in [5.41, 5.74) is 8.25. The Labute approximate surface area is 116 Å². The summed E-state index contributed by atoms with van der Waals surface area (Å²) in [6.07, 6.45) is 0. The number of carbonyl (C=O) groups is 1. The van der Waals surface area contributed by atoms with Crippen LogP contribution in [0.25, 0.3) is 0 Å². The van der Waals surface area contributed by atoms with Crippen LogP contribution in [0.5, 0.6) is 0 Å². The van der Waals surface area contributed by atoms with Crippen LogP contribution >= 0.6 is 0 Å². The number of aryl methyl sites for hydroxylation is 1. The summed E-state index contributed by atoms with van der Waals surface area (Å²) in [6.45, 7) is 1.89. The first-order chi connectivity index (χ1) is 9.61. The van der Waals surface area contributed by atoms with Gasteiger partial charge in [-0.2, -0.15) is 0 Å². The lowest BCUT2D eigenvalue weighted by molar-refractivity contribution is 0.102. The number of hydrogen-bond donors (Lipinski definition) is 3. The minimum absolute atomic E-state index is 0.0294. The summed E-state index contributed by atoms with van der Waals surface area (Å²) < 4.78 is 0. The molecule has 0 atom stereocenters. The van der Waals surface area contributed by atoms with Crippen LogP contribution in [0.15, 0.2) is 53.7 Å². The van der Waals surface area contributed by atoms with Gasteiger partial charge in [-0.25, -0.2) is 0 Å². The van der Waals surface area contributed by atoms with Crippen molar-refractivity contribution < 1.29 is 10.0 Å². The van der Waals surface area contributed by atoms with E-state index in [9.17, 15) is 4.79 Å². The van der Waals surface area contributed by atoms with Crippen molar-refractivity contribution in [1.29, 1.82) is 0 Å². The third kappa shape index (κ3) is 2.95. The Bertz CT molecular complexity index is 648. The van der Waals surface area contributed by atoms with E-state index in [0.29, 0.717) is 16.8 Å². The average molecular weight is 269 g/mol. The number of anilines is 1. The number of carbonyl (C=O) groups excluding carboxylic acids is 1. The molecule has 0 fully saturated rings. The van der Waals surface area contributed by atoms with Gasteiger partial charge in [0.2, 0.25) is 0 Å². The fraction of sp³-hybridized carbons (Fsp3) is 0.0667. The van der Waals surface area contributed by atoms with Gasteiger partial charge in [0, 0.05) is 16.8 Å². The summed E-state index contributed by atoms with van der Waals surface area (Å²) in [5, 5.41) is 14.3. The lowest BCUT2D eigenvalue weighted by Gasteiger charge is -2.08. The van der Waals surface area contributed by atoms with Crippen LogP contribution in [0.1, 0.15) is 21.5 Å². The molecule has 2 aromatic rings. The molecule has 102 valence electrons. The molecule has 0 unspecified atom stereocenters. The van der Waals surface area contributed by atoms with E-state index in [1.807, 2.05) is 25.1 Å². The molecule has 1 amide bonds. The van der Waals surface area contributed by atoms with Gasteiger partial charge in [0.15, 0.2) is 5.84 Å². The predicted octanol–water partition coefficient (Wildman–Crippen LogP) is 2.34. The highest BCUT2D eigenvalue weighted by Crippen LogP contribution is 2.13. The molecule has 0 saturated carbocycles. The van der Waals surface area contributed by atoms with E-state index >= 15 is 0 Å². The normalized spacial score (nSPS) is 11.2. The Hall–Kier alpha value is -2.82. The Balaban J connectivity index is 2.15. The SMILES string of the molecule is Cc1ccccc1C(=O)Nc1ccc(/C(N)=N/O)cc1. The molecule has 0 aliphatic rings. The van der Waals surface area contributed by atoms with E-state index in [1.54, 1.807) is 30.3 Å². The molecule has 0 bridgehead atoms. The molecule has 0 saturated heterocycles. The maximum Gasteiger partial charge on any atom is 0.255 e. The molecular formula is C15H15N3O2. The fourth-order valence-corrected chi connectivity index (χ4v) is 1.81. The van der Waals surface area contributed by atoms with Gasteiger partial charge in [0.05, 0.1) is 0 Å². The van der Waals surface area contributed by atoms with Crippen molar-refractivity contribution >= 4 is 17.4 Å². The largest absolute Gasteiger partial charge is 0.409 e. The summed E-state index contributed by atoms with van der Waals surface area (Å²) in [5.74, 6) is -0.138. The quantitative estimate of drug-likeness (QED) is 0.346. The van der Waals surface area contributed by atoms with E-state index in [4.69, 9.17) is 10.9 Å². The molecule has 20 heavy (non-hydrogen) atoms. The van der Waals surface area contributed by atoms with Gasteiger partial charge in [0.1, 0.15) is 0 Å². The van der Waals surface area contributed by atoms with E-state index in [0.717, 1.165) is 5.56 Å². The van der Waals surface area contributed by atoms with E-state index in [1.165, 1.54) is 0 Å². The van der Waals surface area contributed by atoms with E-state index in [-0.39, 0.29) is 11.7 Å². The van der Waals surface area contributed by atoms with Crippen LogP contribution < -0.4 is 11.1 Å². The lowest BCUT2D eigenvalue weighted by atomic mass is 10.1. The summed E-state index contributed by atoms with van der Waals surface area (Å²) >= 11 is 0. The first-order valence-electron chi connectivity index (χ1n) is 6.07. The molecule has 5 heteroatoms. The molecule has 0 radical (unpaired) electrons. The highest BCUT2D eigenvalue weighted by Gasteiger charge is 2.08. The van der Waals surface area contributed by atoms with Crippen molar-refractivity contribution in [2.45, 2.75) is 6.92 Å². The smallest absolute Gasteiger partial charge is 0.255 e. The first kappa shape index (κ1) is 13.6. The van der Waals surface area contributed by atoms with Crippen molar-refractivity contribution in [3.8, 4) is 0 Å². The summed E-state index contributed by atoms with van der Waals surface area (Å²) in [4.78, 5) is 12.1. The Morgan fingerprint density at radius 3 is 2.40 bits per heavy atom. The summed E-state index contributed by atoms with van der Waals surface area (Å²) in [6, 6.07) is 14.1. The van der Waals surface area contributed by atoms with Gasteiger partial charge in [-0.1, -0.05) is 23.4 Å². The highest BCUT2D eigenvalue weighted by atomic mass is 16.4. The van der Waals surface area contributed by atoms with Crippen LogP contribution in [-0.4, -0.2) is 17.0 Å². The molecule has 2 aromatic carbocycles. The standard InChI is InChI=1S/C15H15N3O2/c1-10-4-2-3-5-13(10)15(19)17-12-8-6-11(7-9-12)14(16)18-20/h2-9,20H,1H3,(H2,16,18)(H,17,19). The minimum atomic E-state index is -0.167. The van der Waals surface area contributed by atoms with Crippen LogP contribution in [0.2, 0.25) is 0 Å². The zero-order valence-corrected chi connectivity index (χ0v) is 11.0. The number of hydrogen-bond acceptors (Lipinski definition) is 3. The van der Waals surface area contributed by atoms with Crippen LogP contribution in [0.4, 0.5) is 5.69 Å². The lowest BCUT2D eigenvalue weighted by Crippen LogP contribution is -2.15. The first-order valence-corrected chi connectivity index (χ1v) is 6.07. The molecule has 2 rings (SSSR count). The molecule has 0 spiro atoms. The van der Waals surface area contributed by atoms with Gasteiger partial charge >= 0.3 is 0 Å². The number of nitrogens with two attached hydrogens (primary N) is 1. The topological polar surface area (TPSA) is 87.7 Å². The molecular weight excluding hydrogens is 254 g/mol. The van der Waals surface area contributed by atoms with Gasteiger partial charge in [0.25, 0.3) is 5.91 Å². The molecule has 5 nitrogen and oxygen atoms in total. The van der Waals surface area contributed by atoms with E-state index in [2.05, 4.69) is 10.5 Å². The van der Waals surface area contributed by atoms with Crippen LogP contribution in [-0.2, 0) is 0 Å². The number of amides is 1. The third-order valence-electron chi connectivity index (χ3n) is 2.94. The number of nitrogens with zero attached hydrogens (tertiary/aromatic N) is 1. The van der Waals surface area contributed by atoms with Gasteiger partial charge in [-0.3, -0.25) is 4.79 Å². The molecule has 4 N–H and O–H groups in total. The van der Waals surface area contributed by atoms with E-state index < -0.39 is 0 Å². The van der Waals surface area contributed by atoms with Crippen molar-refractivity contribution in [2.75, 3.05) is 5.32 Å². The van der Waals surface area contributed by atoms with Gasteiger partial charge < -0.3 is 16.3 Å².